The van der Waals surface area contributed by atoms with Gasteiger partial charge in [0.2, 0.25) is 0 Å². The van der Waals surface area contributed by atoms with E-state index in [2.05, 4.69) is 0 Å². The van der Waals surface area contributed by atoms with Gasteiger partial charge in [0.15, 0.2) is 5.60 Å². The average Bonchev–Trinajstić information content (AvgIpc) is 3.02. The summed E-state index contributed by atoms with van der Waals surface area (Å²) in [7, 11) is 3.30. The Hall–Kier alpha value is -3.27. The van der Waals surface area contributed by atoms with Crippen molar-refractivity contribution in [2.75, 3.05) is 14.2 Å². The quantitative estimate of drug-likeness (QED) is 0.617. The Labute approximate surface area is 164 Å². The van der Waals surface area contributed by atoms with Crippen LogP contribution in [0.2, 0.25) is 0 Å². The van der Waals surface area contributed by atoms with Gasteiger partial charge in [0.1, 0.15) is 11.5 Å². The molecule has 0 N–H and O–H groups in total. The fourth-order valence-corrected chi connectivity index (χ4v) is 4.01. The lowest BCUT2D eigenvalue weighted by atomic mass is 9.79. The van der Waals surface area contributed by atoms with E-state index in [9.17, 15) is 4.79 Å². The van der Waals surface area contributed by atoms with Gasteiger partial charge in [-0.2, -0.15) is 0 Å². The molecule has 4 rings (SSSR count). The van der Waals surface area contributed by atoms with Gasteiger partial charge in [0, 0.05) is 16.7 Å². The molecule has 0 aliphatic carbocycles. The van der Waals surface area contributed by atoms with Crippen molar-refractivity contribution >= 4 is 5.97 Å². The number of methoxy groups -OCH3 is 2. The summed E-state index contributed by atoms with van der Waals surface area (Å²) < 4.78 is 17.0. The fraction of sp³-hybridized carbons (Fsp3) is 0.208. The first-order valence-electron chi connectivity index (χ1n) is 9.14. The monoisotopic (exact) mass is 374 g/mol. The van der Waals surface area contributed by atoms with E-state index < -0.39 is 5.60 Å². The number of ether oxygens (including phenoxy) is 3. The third kappa shape index (κ3) is 2.56. The number of cyclic esters (lactones) is 1. The minimum absolute atomic E-state index is 0.322. The van der Waals surface area contributed by atoms with Crippen LogP contribution in [0.3, 0.4) is 0 Å². The summed E-state index contributed by atoms with van der Waals surface area (Å²) >= 11 is 0. The molecule has 0 spiro atoms. The van der Waals surface area contributed by atoms with Crippen molar-refractivity contribution in [3.05, 3.63) is 94.0 Å². The topological polar surface area (TPSA) is 44.8 Å². The zero-order chi connectivity index (χ0) is 19.9. The number of rotatable bonds is 4. The molecular formula is C24H22O4. The highest BCUT2D eigenvalue weighted by atomic mass is 16.6. The summed E-state index contributed by atoms with van der Waals surface area (Å²) in [5.41, 5.74) is 4.14. The Morgan fingerprint density at radius 2 is 1.32 bits per heavy atom. The number of aryl methyl sites for hydroxylation is 2. The summed E-state index contributed by atoms with van der Waals surface area (Å²) in [6.45, 7) is 3.97. The average molecular weight is 374 g/mol. The molecule has 1 heterocycles. The zero-order valence-corrected chi connectivity index (χ0v) is 16.4. The predicted octanol–water partition coefficient (Wildman–Crippen LogP) is 4.78. The highest BCUT2D eigenvalue weighted by Crippen LogP contribution is 2.48. The van der Waals surface area contributed by atoms with Crippen molar-refractivity contribution in [3.8, 4) is 11.5 Å². The second-order valence-electron chi connectivity index (χ2n) is 6.99. The largest absolute Gasteiger partial charge is 0.496 e. The first kappa shape index (κ1) is 18.1. The van der Waals surface area contributed by atoms with Crippen LogP contribution in [0.5, 0.6) is 11.5 Å². The second-order valence-corrected chi connectivity index (χ2v) is 6.99. The van der Waals surface area contributed by atoms with E-state index in [1.165, 1.54) is 0 Å². The maximum Gasteiger partial charge on any atom is 0.340 e. The molecule has 0 saturated heterocycles. The molecule has 0 atom stereocenters. The van der Waals surface area contributed by atoms with Gasteiger partial charge in [0.05, 0.1) is 19.8 Å². The molecule has 0 aromatic heterocycles. The number of fused-ring (bicyclic) bond motifs is 1. The molecule has 1 aliphatic rings. The maximum absolute atomic E-state index is 12.8. The van der Waals surface area contributed by atoms with Crippen LogP contribution in [0.15, 0.2) is 60.7 Å². The van der Waals surface area contributed by atoms with Crippen LogP contribution in [0.25, 0.3) is 0 Å². The Morgan fingerprint density at radius 1 is 0.786 bits per heavy atom. The third-order valence-electron chi connectivity index (χ3n) is 5.37. The molecule has 3 aromatic rings. The van der Waals surface area contributed by atoms with Crippen LogP contribution in [0, 0.1) is 13.8 Å². The highest BCUT2D eigenvalue weighted by molar-refractivity contribution is 5.96. The standard InChI is InChI=1S/C24H22O4/c1-15-13-17(9-11-21(15)26-3)24(18-10-12-22(27-4)16(2)14-18)20-8-6-5-7-19(20)23(25)28-24/h5-14H,1-4H3. The van der Waals surface area contributed by atoms with Gasteiger partial charge in [-0.1, -0.05) is 30.3 Å². The van der Waals surface area contributed by atoms with Crippen molar-refractivity contribution in [2.45, 2.75) is 19.4 Å². The lowest BCUT2D eigenvalue weighted by Crippen LogP contribution is -2.29. The number of esters is 1. The van der Waals surface area contributed by atoms with Crippen LogP contribution in [-0.2, 0) is 10.3 Å². The Kier molecular flexibility index (Phi) is 4.34. The molecule has 0 fully saturated rings. The minimum Gasteiger partial charge on any atom is -0.496 e. The van der Waals surface area contributed by atoms with E-state index in [1.807, 2.05) is 74.5 Å². The first-order valence-corrected chi connectivity index (χ1v) is 9.14. The third-order valence-corrected chi connectivity index (χ3v) is 5.37. The van der Waals surface area contributed by atoms with Crippen LogP contribution >= 0.6 is 0 Å². The van der Waals surface area contributed by atoms with Gasteiger partial charge in [-0.25, -0.2) is 4.79 Å². The zero-order valence-electron chi connectivity index (χ0n) is 16.4. The van der Waals surface area contributed by atoms with Crippen LogP contribution in [-0.4, -0.2) is 20.2 Å². The lowest BCUT2D eigenvalue weighted by molar-refractivity contribution is 0.0251. The number of hydrogen-bond acceptors (Lipinski definition) is 4. The predicted molar refractivity (Wildman–Crippen MR) is 107 cm³/mol. The van der Waals surface area contributed by atoms with Gasteiger partial charge in [-0.05, 0) is 55.3 Å². The summed E-state index contributed by atoms with van der Waals surface area (Å²) in [5, 5.41) is 0. The normalized spacial score (nSPS) is 14.4. The molecule has 3 aromatic carbocycles. The fourth-order valence-electron chi connectivity index (χ4n) is 4.01. The first-order chi connectivity index (χ1) is 13.5. The molecule has 4 heteroatoms. The molecule has 0 bridgehead atoms. The summed E-state index contributed by atoms with van der Waals surface area (Å²) in [6.07, 6.45) is 0. The van der Waals surface area contributed by atoms with E-state index in [4.69, 9.17) is 14.2 Å². The molecule has 142 valence electrons. The van der Waals surface area contributed by atoms with E-state index in [0.29, 0.717) is 5.56 Å². The number of carbonyl (C=O) groups is 1. The Balaban J connectivity index is 2.02. The van der Waals surface area contributed by atoms with Crippen LogP contribution in [0.1, 0.15) is 38.2 Å². The van der Waals surface area contributed by atoms with Crippen molar-refractivity contribution in [1.82, 2.24) is 0 Å². The van der Waals surface area contributed by atoms with Crippen molar-refractivity contribution in [2.24, 2.45) is 0 Å². The van der Waals surface area contributed by atoms with Crippen molar-refractivity contribution < 1.29 is 19.0 Å². The molecule has 0 unspecified atom stereocenters. The second kappa shape index (κ2) is 6.71. The van der Waals surface area contributed by atoms with Gasteiger partial charge in [-0.15, -0.1) is 0 Å². The molecule has 4 nitrogen and oxygen atoms in total. The number of benzene rings is 3. The van der Waals surface area contributed by atoms with Crippen LogP contribution in [0.4, 0.5) is 0 Å². The van der Waals surface area contributed by atoms with Crippen molar-refractivity contribution in [3.63, 3.8) is 0 Å². The minimum atomic E-state index is -1.01. The van der Waals surface area contributed by atoms with E-state index >= 15 is 0 Å². The SMILES string of the molecule is COc1ccc(C2(c3ccc(OC)c(C)c3)OC(=O)c3ccccc32)cc1C. The molecule has 0 radical (unpaired) electrons. The van der Waals surface area contributed by atoms with Crippen LogP contribution < -0.4 is 9.47 Å². The van der Waals surface area contributed by atoms with Gasteiger partial charge in [0.25, 0.3) is 0 Å². The number of carbonyl (C=O) groups excluding carboxylic acids is 1. The summed E-state index contributed by atoms with van der Waals surface area (Å²) in [6, 6.07) is 19.3. The smallest absolute Gasteiger partial charge is 0.340 e. The molecule has 0 amide bonds. The summed E-state index contributed by atoms with van der Waals surface area (Å²) in [4.78, 5) is 12.8. The van der Waals surface area contributed by atoms with E-state index in [1.54, 1.807) is 14.2 Å². The molecular weight excluding hydrogens is 352 g/mol. The van der Waals surface area contributed by atoms with Crippen molar-refractivity contribution in [1.29, 1.82) is 0 Å². The van der Waals surface area contributed by atoms with E-state index in [0.717, 1.165) is 39.3 Å². The number of hydrogen-bond donors (Lipinski definition) is 0. The molecule has 1 aliphatic heterocycles. The Bertz CT molecular complexity index is 1010. The Morgan fingerprint density at radius 3 is 1.82 bits per heavy atom. The lowest BCUT2D eigenvalue weighted by Gasteiger charge is -2.31. The molecule has 28 heavy (non-hydrogen) atoms. The van der Waals surface area contributed by atoms with Gasteiger partial charge < -0.3 is 14.2 Å². The maximum atomic E-state index is 12.8. The van der Waals surface area contributed by atoms with Gasteiger partial charge in [-0.3, -0.25) is 0 Å². The highest BCUT2D eigenvalue weighted by Gasteiger charge is 2.48. The molecule has 0 saturated carbocycles. The van der Waals surface area contributed by atoms with Gasteiger partial charge >= 0.3 is 5.97 Å². The summed E-state index contributed by atoms with van der Waals surface area (Å²) in [5.74, 6) is 1.27. The van der Waals surface area contributed by atoms with E-state index in [-0.39, 0.29) is 5.97 Å².